The van der Waals surface area contributed by atoms with Gasteiger partial charge < -0.3 is 19.9 Å². The average Bonchev–Trinajstić information content (AvgIpc) is 2.71. The number of ether oxygens (including phenoxy) is 1. The van der Waals surface area contributed by atoms with Crippen LogP contribution in [0.3, 0.4) is 0 Å². The second-order valence-electron chi connectivity index (χ2n) is 7.39. The number of para-hydroxylation sites is 1. The molecule has 158 valence electrons. The van der Waals surface area contributed by atoms with Crippen LogP contribution in [0.15, 0.2) is 42.5 Å². The van der Waals surface area contributed by atoms with E-state index < -0.39 is 0 Å². The van der Waals surface area contributed by atoms with Crippen LogP contribution in [0.25, 0.3) is 0 Å². The van der Waals surface area contributed by atoms with Gasteiger partial charge in [-0.3, -0.25) is 0 Å². The predicted octanol–water partition coefficient (Wildman–Crippen LogP) is 4.33. The summed E-state index contributed by atoms with van der Waals surface area (Å²) in [6, 6.07) is 14.4. The van der Waals surface area contributed by atoms with Gasteiger partial charge in [0.25, 0.3) is 0 Å². The van der Waals surface area contributed by atoms with Crippen molar-refractivity contribution < 1.29 is 9.53 Å². The summed E-state index contributed by atoms with van der Waals surface area (Å²) in [6.45, 7) is 10.8. The third-order valence-electron chi connectivity index (χ3n) is 5.43. The van der Waals surface area contributed by atoms with Crippen LogP contribution in [0.4, 0.5) is 10.5 Å². The van der Waals surface area contributed by atoms with Crippen molar-refractivity contribution in [2.24, 2.45) is 0 Å². The number of hydrogen-bond acceptors (Lipinski definition) is 3. The molecule has 0 saturated carbocycles. The lowest BCUT2D eigenvalue weighted by Gasteiger charge is -2.37. The van der Waals surface area contributed by atoms with Crippen molar-refractivity contribution in [1.82, 2.24) is 10.2 Å². The van der Waals surface area contributed by atoms with Crippen LogP contribution < -0.4 is 15.0 Å². The van der Waals surface area contributed by atoms with Crippen molar-refractivity contribution in [2.75, 3.05) is 44.2 Å². The normalized spacial score (nSPS) is 13.6. The fraction of sp³-hybridized carbons (Fsp3) is 0.435. The van der Waals surface area contributed by atoms with Gasteiger partial charge in [-0.15, -0.1) is 12.4 Å². The number of anilines is 1. The Morgan fingerprint density at radius 3 is 2.38 bits per heavy atom. The zero-order valence-corrected chi connectivity index (χ0v) is 18.4. The lowest BCUT2D eigenvalue weighted by molar-refractivity contribution is 0.193. The molecule has 1 aliphatic heterocycles. The fourth-order valence-corrected chi connectivity index (χ4v) is 3.51. The maximum absolute atomic E-state index is 12.4. The molecule has 1 saturated heterocycles. The summed E-state index contributed by atoms with van der Waals surface area (Å²) >= 11 is 0. The molecular weight excluding hydrogens is 386 g/mol. The van der Waals surface area contributed by atoms with Crippen LogP contribution in [-0.2, 0) is 0 Å². The minimum atomic E-state index is 0. The number of halogens is 1. The van der Waals surface area contributed by atoms with Gasteiger partial charge >= 0.3 is 6.03 Å². The lowest BCUT2D eigenvalue weighted by atomic mass is 10.1. The summed E-state index contributed by atoms with van der Waals surface area (Å²) in [5.41, 5.74) is 5.06. The highest BCUT2D eigenvalue weighted by Crippen LogP contribution is 2.23. The van der Waals surface area contributed by atoms with Gasteiger partial charge in [0.2, 0.25) is 0 Å². The number of nitrogens with one attached hydrogen (secondary N) is 1. The molecule has 1 aliphatic rings. The predicted molar refractivity (Wildman–Crippen MR) is 122 cm³/mol. The first-order valence-corrected chi connectivity index (χ1v) is 10.1. The number of urea groups is 1. The minimum Gasteiger partial charge on any atom is -0.493 e. The smallest absolute Gasteiger partial charge is 0.317 e. The van der Waals surface area contributed by atoms with E-state index in [4.69, 9.17) is 4.74 Å². The zero-order valence-electron chi connectivity index (χ0n) is 17.6. The number of hydrogen-bond donors (Lipinski definition) is 1. The quantitative estimate of drug-likeness (QED) is 0.711. The van der Waals surface area contributed by atoms with Gasteiger partial charge in [0.15, 0.2) is 0 Å². The highest BCUT2D eigenvalue weighted by atomic mass is 35.5. The van der Waals surface area contributed by atoms with Gasteiger partial charge in [-0.05, 0) is 56.0 Å². The van der Waals surface area contributed by atoms with Crippen LogP contribution in [-0.4, -0.2) is 50.3 Å². The summed E-state index contributed by atoms with van der Waals surface area (Å²) in [5, 5.41) is 3.02. The summed E-state index contributed by atoms with van der Waals surface area (Å²) in [7, 11) is 0. The Kier molecular flexibility index (Phi) is 8.65. The number of nitrogens with zero attached hydrogens (tertiary/aromatic N) is 2. The maximum Gasteiger partial charge on any atom is 0.317 e. The molecule has 0 radical (unpaired) electrons. The first-order valence-electron chi connectivity index (χ1n) is 10.1. The molecule has 0 unspecified atom stereocenters. The van der Waals surface area contributed by atoms with Crippen LogP contribution in [0, 0.1) is 20.8 Å². The average molecular weight is 418 g/mol. The molecular formula is C23H32ClN3O2. The van der Waals surface area contributed by atoms with Gasteiger partial charge in [-0.1, -0.05) is 30.3 Å². The maximum atomic E-state index is 12.4. The molecule has 1 fully saturated rings. The number of carbonyl (C=O) groups excluding carboxylic acids is 1. The number of aryl methyl sites for hydroxylation is 2. The highest BCUT2D eigenvalue weighted by Gasteiger charge is 2.22. The third kappa shape index (κ3) is 6.04. The van der Waals surface area contributed by atoms with Gasteiger partial charge in [0.05, 0.1) is 6.61 Å². The molecule has 5 nitrogen and oxygen atoms in total. The van der Waals surface area contributed by atoms with Gasteiger partial charge in [0.1, 0.15) is 5.75 Å². The first-order chi connectivity index (χ1) is 13.6. The summed E-state index contributed by atoms with van der Waals surface area (Å²) < 4.78 is 5.78. The summed E-state index contributed by atoms with van der Waals surface area (Å²) in [5.74, 6) is 0.913. The second kappa shape index (κ2) is 11.0. The van der Waals surface area contributed by atoms with Crippen molar-refractivity contribution in [2.45, 2.75) is 27.2 Å². The van der Waals surface area contributed by atoms with Crippen molar-refractivity contribution in [3.63, 3.8) is 0 Å². The first kappa shape index (κ1) is 22.9. The lowest BCUT2D eigenvalue weighted by Crippen LogP contribution is -2.52. The van der Waals surface area contributed by atoms with E-state index in [1.165, 1.54) is 16.8 Å². The molecule has 2 amide bonds. The van der Waals surface area contributed by atoms with E-state index in [0.717, 1.165) is 43.9 Å². The standard InChI is InChI=1S/C23H31N3O2.ClH/c1-18-9-6-10-21(20(18)3)25-13-15-26(16-14-25)23(27)24-12-7-17-28-22-11-5-4-8-19(22)2;/h4-6,8-11H,7,12-17H2,1-3H3,(H,24,27);1H. The Labute approximate surface area is 180 Å². The van der Waals surface area contributed by atoms with Gasteiger partial charge in [0, 0.05) is 38.4 Å². The van der Waals surface area contributed by atoms with Crippen LogP contribution in [0.1, 0.15) is 23.1 Å². The SMILES string of the molecule is Cc1ccccc1OCCCNC(=O)N1CCN(c2cccc(C)c2C)CC1.Cl. The molecule has 0 spiro atoms. The van der Waals surface area contributed by atoms with E-state index in [1.54, 1.807) is 0 Å². The van der Waals surface area contributed by atoms with E-state index in [-0.39, 0.29) is 18.4 Å². The number of benzene rings is 2. The summed E-state index contributed by atoms with van der Waals surface area (Å²) in [4.78, 5) is 16.7. The molecule has 2 aromatic rings. The van der Waals surface area contributed by atoms with E-state index in [2.05, 4.69) is 42.3 Å². The molecule has 0 atom stereocenters. The van der Waals surface area contributed by atoms with Crippen LogP contribution in [0.2, 0.25) is 0 Å². The van der Waals surface area contributed by atoms with E-state index in [1.807, 2.05) is 36.1 Å². The Morgan fingerprint density at radius 2 is 1.66 bits per heavy atom. The Balaban J connectivity index is 0.00000300. The highest BCUT2D eigenvalue weighted by molar-refractivity contribution is 5.85. The molecule has 1 heterocycles. The third-order valence-corrected chi connectivity index (χ3v) is 5.43. The monoisotopic (exact) mass is 417 g/mol. The molecule has 0 aliphatic carbocycles. The molecule has 0 bridgehead atoms. The molecule has 29 heavy (non-hydrogen) atoms. The van der Waals surface area contributed by atoms with E-state index >= 15 is 0 Å². The Hall–Kier alpha value is -2.40. The van der Waals surface area contributed by atoms with Crippen LogP contribution >= 0.6 is 12.4 Å². The van der Waals surface area contributed by atoms with Crippen molar-refractivity contribution in [3.05, 3.63) is 59.2 Å². The fourth-order valence-electron chi connectivity index (χ4n) is 3.51. The van der Waals surface area contributed by atoms with E-state index in [9.17, 15) is 4.79 Å². The molecule has 0 aromatic heterocycles. The van der Waals surface area contributed by atoms with Crippen LogP contribution in [0.5, 0.6) is 5.75 Å². The minimum absolute atomic E-state index is 0. The van der Waals surface area contributed by atoms with E-state index in [0.29, 0.717) is 13.2 Å². The van der Waals surface area contributed by atoms with Gasteiger partial charge in [-0.25, -0.2) is 4.79 Å². The molecule has 2 aromatic carbocycles. The van der Waals surface area contributed by atoms with Gasteiger partial charge in [-0.2, -0.15) is 0 Å². The Bertz CT molecular complexity index is 804. The Morgan fingerprint density at radius 1 is 0.966 bits per heavy atom. The van der Waals surface area contributed by atoms with Crippen molar-refractivity contribution in [3.8, 4) is 5.75 Å². The number of carbonyl (C=O) groups is 1. The number of rotatable bonds is 6. The molecule has 6 heteroatoms. The number of piperazine rings is 1. The van der Waals surface area contributed by atoms with Crippen molar-refractivity contribution in [1.29, 1.82) is 0 Å². The number of amides is 2. The molecule has 3 rings (SSSR count). The molecule has 1 N–H and O–H groups in total. The topological polar surface area (TPSA) is 44.8 Å². The zero-order chi connectivity index (χ0) is 19.9. The summed E-state index contributed by atoms with van der Waals surface area (Å²) in [6.07, 6.45) is 0.794. The largest absolute Gasteiger partial charge is 0.493 e. The van der Waals surface area contributed by atoms with Crippen molar-refractivity contribution >= 4 is 24.1 Å². The second-order valence-corrected chi connectivity index (χ2v) is 7.39.